The minimum absolute atomic E-state index is 0.275. The zero-order chi connectivity index (χ0) is 14.1. The van der Waals surface area contributed by atoms with Crippen molar-refractivity contribution in [3.63, 3.8) is 0 Å². The zero-order valence-corrected chi connectivity index (χ0v) is 13.5. The van der Waals surface area contributed by atoms with E-state index in [1.54, 1.807) is 0 Å². The van der Waals surface area contributed by atoms with Crippen LogP contribution in [0.15, 0.2) is 28.7 Å². The summed E-state index contributed by atoms with van der Waals surface area (Å²) in [5.41, 5.74) is 1.31. The fourth-order valence-electron chi connectivity index (χ4n) is 2.24. The molecule has 19 heavy (non-hydrogen) atoms. The molecule has 0 aliphatic carbocycles. The summed E-state index contributed by atoms with van der Waals surface area (Å²) in [4.78, 5) is 2.39. The van der Waals surface area contributed by atoms with Crippen LogP contribution in [0.4, 0.5) is 0 Å². The second-order valence-electron chi connectivity index (χ2n) is 4.70. The van der Waals surface area contributed by atoms with Crippen LogP contribution in [0.3, 0.4) is 0 Å². The normalized spacial score (nSPS) is 12.9. The van der Waals surface area contributed by atoms with Gasteiger partial charge in [0.1, 0.15) is 0 Å². The van der Waals surface area contributed by atoms with Gasteiger partial charge in [-0.25, -0.2) is 0 Å². The van der Waals surface area contributed by atoms with E-state index >= 15 is 0 Å². The smallest absolute Gasteiger partial charge is 0.0443 e. The zero-order valence-electron chi connectivity index (χ0n) is 11.9. The first kappa shape index (κ1) is 16.6. The Kier molecular flexibility index (Phi) is 8.30. The average molecular weight is 329 g/mol. The number of nitrogens with zero attached hydrogens (tertiary/aromatic N) is 1. The fourth-order valence-corrected chi connectivity index (χ4v) is 2.65. The Morgan fingerprint density at radius 1 is 1.37 bits per heavy atom. The summed E-state index contributed by atoms with van der Waals surface area (Å²) in [5.74, 6) is 0. The van der Waals surface area contributed by atoms with Gasteiger partial charge in [-0.3, -0.25) is 0 Å². The van der Waals surface area contributed by atoms with Crippen molar-refractivity contribution < 1.29 is 5.11 Å². The standard InChI is InChI=1S/C15H25BrN2O/c1-3-18(9-5-11-19)10-8-15(17-2)13-6-4-7-14(16)12-13/h4,6-7,12,15,17,19H,3,5,8-11H2,1-2H3. The molecule has 0 saturated carbocycles. The van der Waals surface area contributed by atoms with Gasteiger partial charge >= 0.3 is 0 Å². The van der Waals surface area contributed by atoms with Gasteiger partial charge < -0.3 is 15.3 Å². The van der Waals surface area contributed by atoms with Gasteiger partial charge in [0.25, 0.3) is 0 Å². The Morgan fingerprint density at radius 3 is 2.74 bits per heavy atom. The van der Waals surface area contributed by atoms with E-state index in [4.69, 9.17) is 5.11 Å². The van der Waals surface area contributed by atoms with Crippen molar-refractivity contribution in [2.45, 2.75) is 25.8 Å². The molecule has 0 aliphatic heterocycles. The molecule has 1 aromatic carbocycles. The van der Waals surface area contributed by atoms with Gasteiger partial charge in [-0.05, 0) is 50.7 Å². The predicted octanol–water partition coefficient (Wildman–Crippen LogP) is 2.80. The maximum atomic E-state index is 8.90. The average Bonchev–Trinajstić information content (AvgIpc) is 2.43. The van der Waals surface area contributed by atoms with Gasteiger partial charge in [-0.1, -0.05) is 35.0 Å². The minimum atomic E-state index is 0.275. The molecular weight excluding hydrogens is 304 g/mol. The van der Waals surface area contributed by atoms with Gasteiger partial charge in [0, 0.05) is 23.7 Å². The lowest BCUT2D eigenvalue weighted by Crippen LogP contribution is -2.29. The second-order valence-corrected chi connectivity index (χ2v) is 5.61. The van der Waals surface area contributed by atoms with Crippen molar-refractivity contribution in [2.24, 2.45) is 0 Å². The molecule has 0 bridgehead atoms. The Hall–Kier alpha value is -0.420. The summed E-state index contributed by atoms with van der Waals surface area (Å²) in [7, 11) is 2.01. The molecule has 0 radical (unpaired) electrons. The van der Waals surface area contributed by atoms with E-state index in [2.05, 4.69) is 57.3 Å². The third kappa shape index (κ3) is 6.04. The minimum Gasteiger partial charge on any atom is -0.396 e. The van der Waals surface area contributed by atoms with E-state index in [0.717, 1.165) is 36.9 Å². The molecule has 0 saturated heterocycles. The molecule has 0 fully saturated rings. The Labute approximate surface area is 125 Å². The Bertz CT molecular complexity index is 360. The third-order valence-corrected chi connectivity index (χ3v) is 3.91. The van der Waals surface area contributed by atoms with Crippen LogP contribution in [0.2, 0.25) is 0 Å². The largest absolute Gasteiger partial charge is 0.396 e. The molecule has 2 N–H and O–H groups in total. The van der Waals surface area contributed by atoms with Gasteiger partial charge in [-0.2, -0.15) is 0 Å². The van der Waals surface area contributed by atoms with Crippen LogP contribution < -0.4 is 5.32 Å². The molecule has 0 spiro atoms. The molecule has 108 valence electrons. The van der Waals surface area contributed by atoms with Crippen molar-refractivity contribution in [1.82, 2.24) is 10.2 Å². The first-order valence-corrected chi connectivity index (χ1v) is 7.76. The van der Waals surface area contributed by atoms with Crippen molar-refractivity contribution in [3.8, 4) is 0 Å². The fraction of sp³-hybridized carbons (Fsp3) is 0.600. The van der Waals surface area contributed by atoms with Crippen molar-refractivity contribution in [2.75, 3.05) is 33.3 Å². The van der Waals surface area contributed by atoms with E-state index in [0.29, 0.717) is 6.04 Å². The quantitative estimate of drug-likeness (QED) is 0.731. The highest BCUT2D eigenvalue weighted by molar-refractivity contribution is 9.10. The van der Waals surface area contributed by atoms with Crippen molar-refractivity contribution >= 4 is 15.9 Å². The van der Waals surface area contributed by atoms with E-state index < -0.39 is 0 Å². The second kappa shape index (κ2) is 9.48. The van der Waals surface area contributed by atoms with E-state index in [-0.39, 0.29) is 6.61 Å². The van der Waals surface area contributed by atoms with E-state index in [9.17, 15) is 0 Å². The molecular formula is C15H25BrN2O. The van der Waals surface area contributed by atoms with Gasteiger partial charge in [0.15, 0.2) is 0 Å². The van der Waals surface area contributed by atoms with Crippen LogP contribution in [0.5, 0.6) is 0 Å². The van der Waals surface area contributed by atoms with Crippen LogP contribution in [-0.4, -0.2) is 43.3 Å². The Balaban J connectivity index is 2.52. The maximum Gasteiger partial charge on any atom is 0.0443 e. The summed E-state index contributed by atoms with van der Waals surface area (Å²) in [6, 6.07) is 8.84. The van der Waals surface area contributed by atoms with E-state index in [1.807, 2.05) is 7.05 Å². The highest BCUT2D eigenvalue weighted by atomic mass is 79.9. The van der Waals surface area contributed by atoms with Crippen molar-refractivity contribution in [1.29, 1.82) is 0 Å². The topological polar surface area (TPSA) is 35.5 Å². The summed E-state index contributed by atoms with van der Waals surface area (Å²) in [5, 5.41) is 12.3. The number of aliphatic hydroxyl groups excluding tert-OH is 1. The van der Waals surface area contributed by atoms with Crippen LogP contribution in [-0.2, 0) is 0 Å². The summed E-state index contributed by atoms with van der Waals surface area (Å²) in [6.07, 6.45) is 1.93. The first-order valence-electron chi connectivity index (χ1n) is 6.97. The monoisotopic (exact) mass is 328 g/mol. The van der Waals surface area contributed by atoms with Crippen molar-refractivity contribution in [3.05, 3.63) is 34.3 Å². The number of halogens is 1. The summed E-state index contributed by atoms with van der Waals surface area (Å²) in [6.45, 7) is 5.51. The number of hydrogen-bond acceptors (Lipinski definition) is 3. The molecule has 3 nitrogen and oxygen atoms in total. The molecule has 1 atom stereocenters. The molecule has 4 heteroatoms. The lowest BCUT2D eigenvalue weighted by molar-refractivity contribution is 0.223. The van der Waals surface area contributed by atoms with Crippen LogP contribution >= 0.6 is 15.9 Å². The molecule has 0 aromatic heterocycles. The SMILES string of the molecule is CCN(CCCO)CCC(NC)c1cccc(Br)c1. The number of nitrogens with one attached hydrogen (secondary N) is 1. The third-order valence-electron chi connectivity index (χ3n) is 3.41. The highest BCUT2D eigenvalue weighted by Crippen LogP contribution is 2.20. The predicted molar refractivity (Wildman–Crippen MR) is 84.4 cm³/mol. The molecule has 1 unspecified atom stereocenters. The number of benzene rings is 1. The van der Waals surface area contributed by atoms with Crippen LogP contribution in [0, 0.1) is 0 Å². The lowest BCUT2D eigenvalue weighted by Gasteiger charge is -2.24. The molecule has 1 rings (SSSR count). The molecule has 1 aromatic rings. The highest BCUT2D eigenvalue weighted by Gasteiger charge is 2.11. The summed E-state index contributed by atoms with van der Waals surface area (Å²) < 4.78 is 1.12. The number of hydrogen-bond donors (Lipinski definition) is 2. The molecule has 0 amide bonds. The maximum absolute atomic E-state index is 8.90. The van der Waals surface area contributed by atoms with Gasteiger partial charge in [-0.15, -0.1) is 0 Å². The van der Waals surface area contributed by atoms with Crippen LogP contribution in [0.25, 0.3) is 0 Å². The molecule has 0 heterocycles. The van der Waals surface area contributed by atoms with Crippen LogP contribution in [0.1, 0.15) is 31.4 Å². The number of aliphatic hydroxyl groups is 1. The number of rotatable bonds is 9. The van der Waals surface area contributed by atoms with Gasteiger partial charge in [0.05, 0.1) is 0 Å². The van der Waals surface area contributed by atoms with E-state index in [1.165, 1.54) is 5.56 Å². The first-order chi connectivity index (χ1) is 9.21. The van der Waals surface area contributed by atoms with Gasteiger partial charge in [0.2, 0.25) is 0 Å². The Morgan fingerprint density at radius 2 is 2.16 bits per heavy atom. The molecule has 0 aliphatic rings. The lowest BCUT2D eigenvalue weighted by atomic mass is 10.0. The summed E-state index contributed by atoms with van der Waals surface area (Å²) >= 11 is 3.52.